The molecule has 2 aliphatic heterocycles. The number of rotatable bonds is 5. The molecule has 4 rings (SSSR count). The fourth-order valence-corrected chi connectivity index (χ4v) is 4.96. The maximum Gasteiger partial charge on any atom is 0.240 e. The average Bonchev–Trinajstić information content (AvgIpc) is 3.40. The third-order valence-electron chi connectivity index (χ3n) is 5.62. The summed E-state index contributed by atoms with van der Waals surface area (Å²) in [5.74, 6) is 0.168. The van der Waals surface area contributed by atoms with Gasteiger partial charge in [-0.1, -0.05) is 19.9 Å². The molecule has 0 saturated carbocycles. The van der Waals surface area contributed by atoms with Gasteiger partial charge < -0.3 is 10.2 Å². The van der Waals surface area contributed by atoms with Crippen LogP contribution in [0, 0.1) is 12.8 Å². The van der Waals surface area contributed by atoms with Crippen molar-refractivity contribution >= 4 is 34.0 Å². The summed E-state index contributed by atoms with van der Waals surface area (Å²) in [6, 6.07) is 6.20. The number of aryl methyl sites for hydroxylation is 1. The normalized spacial score (nSPS) is 16.5. The van der Waals surface area contributed by atoms with E-state index in [1.165, 1.54) is 29.7 Å². The SMILES string of the molecule is Cc1sc(NC(=O)CN2CCCC2)nc1-c1ccc2c(c1)CCN2C(=O)C(C)C. The Hall–Kier alpha value is -2.25. The summed E-state index contributed by atoms with van der Waals surface area (Å²) in [4.78, 5) is 34.6. The lowest BCUT2D eigenvalue weighted by Gasteiger charge is -2.19. The fraction of sp³-hybridized carbons (Fsp3) is 0.500. The summed E-state index contributed by atoms with van der Waals surface area (Å²) in [5, 5.41) is 3.61. The smallest absolute Gasteiger partial charge is 0.240 e. The zero-order chi connectivity index (χ0) is 20.5. The summed E-state index contributed by atoms with van der Waals surface area (Å²) in [7, 11) is 0. The van der Waals surface area contributed by atoms with Crippen molar-refractivity contribution in [2.24, 2.45) is 5.92 Å². The van der Waals surface area contributed by atoms with Gasteiger partial charge in [-0.15, -0.1) is 11.3 Å². The van der Waals surface area contributed by atoms with Crippen LogP contribution in [0.5, 0.6) is 0 Å². The van der Waals surface area contributed by atoms with Crippen molar-refractivity contribution in [2.45, 2.75) is 40.0 Å². The molecule has 0 bridgehead atoms. The van der Waals surface area contributed by atoms with Gasteiger partial charge in [0.15, 0.2) is 5.13 Å². The highest BCUT2D eigenvalue weighted by Crippen LogP contribution is 2.36. The number of likely N-dealkylation sites (tertiary alicyclic amines) is 1. The Kier molecular flexibility index (Phi) is 5.69. The van der Waals surface area contributed by atoms with Crippen molar-refractivity contribution in [3.63, 3.8) is 0 Å². The molecule has 0 unspecified atom stereocenters. The number of hydrogen-bond acceptors (Lipinski definition) is 5. The maximum atomic E-state index is 12.4. The van der Waals surface area contributed by atoms with Crippen LogP contribution in [0.15, 0.2) is 18.2 Å². The van der Waals surface area contributed by atoms with Gasteiger partial charge in [0.05, 0.1) is 12.2 Å². The average molecular weight is 413 g/mol. The molecule has 0 radical (unpaired) electrons. The molecule has 2 aliphatic rings. The van der Waals surface area contributed by atoms with Gasteiger partial charge >= 0.3 is 0 Å². The number of carbonyl (C=O) groups excluding carboxylic acids is 2. The number of amides is 2. The van der Waals surface area contributed by atoms with Crippen molar-refractivity contribution in [2.75, 3.05) is 36.4 Å². The summed E-state index contributed by atoms with van der Waals surface area (Å²) in [5.41, 5.74) is 4.14. The molecule has 2 aromatic rings. The number of benzene rings is 1. The van der Waals surface area contributed by atoms with E-state index in [0.29, 0.717) is 11.7 Å². The monoisotopic (exact) mass is 412 g/mol. The number of nitrogens with zero attached hydrogens (tertiary/aromatic N) is 3. The van der Waals surface area contributed by atoms with E-state index in [1.54, 1.807) is 0 Å². The Balaban J connectivity index is 1.49. The van der Waals surface area contributed by atoms with Gasteiger partial charge in [-0.3, -0.25) is 14.5 Å². The predicted molar refractivity (Wildman–Crippen MR) is 117 cm³/mol. The van der Waals surface area contributed by atoms with E-state index in [0.717, 1.165) is 47.9 Å². The predicted octanol–water partition coefficient (Wildman–Crippen LogP) is 3.70. The van der Waals surface area contributed by atoms with Gasteiger partial charge in [-0.25, -0.2) is 4.98 Å². The van der Waals surface area contributed by atoms with Crippen LogP contribution in [0.4, 0.5) is 10.8 Å². The summed E-state index contributed by atoms with van der Waals surface area (Å²) >= 11 is 1.51. The number of carbonyl (C=O) groups is 2. The fourth-order valence-electron chi connectivity index (χ4n) is 4.11. The molecule has 154 valence electrons. The summed E-state index contributed by atoms with van der Waals surface area (Å²) in [6.07, 6.45) is 3.21. The molecule has 1 fully saturated rings. The lowest BCUT2D eigenvalue weighted by atomic mass is 10.1. The Bertz CT molecular complexity index is 931. The first-order valence-electron chi connectivity index (χ1n) is 10.4. The minimum absolute atomic E-state index is 0.00370. The molecule has 1 saturated heterocycles. The van der Waals surface area contributed by atoms with E-state index < -0.39 is 0 Å². The van der Waals surface area contributed by atoms with E-state index in [1.807, 2.05) is 37.8 Å². The Morgan fingerprint density at radius 1 is 1.21 bits per heavy atom. The highest BCUT2D eigenvalue weighted by molar-refractivity contribution is 7.16. The molecule has 6 nitrogen and oxygen atoms in total. The van der Waals surface area contributed by atoms with Crippen LogP contribution in [0.25, 0.3) is 11.3 Å². The molecule has 0 aliphatic carbocycles. The van der Waals surface area contributed by atoms with Gasteiger partial charge in [0.25, 0.3) is 0 Å². The third-order valence-corrected chi connectivity index (χ3v) is 6.50. The van der Waals surface area contributed by atoms with Crippen molar-refractivity contribution in [1.29, 1.82) is 0 Å². The lowest BCUT2D eigenvalue weighted by molar-refractivity contribution is -0.121. The molecule has 0 spiro atoms. The van der Waals surface area contributed by atoms with Gasteiger partial charge in [0.1, 0.15) is 0 Å². The molecule has 3 heterocycles. The molecular weight excluding hydrogens is 384 g/mol. The number of anilines is 2. The number of hydrogen-bond donors (Lipinski definition) is 1. The van der Waals surface area contributed by atoms with Gasteiger partial charge in [-0.05, 0) is 57.0 Å². The van der Waals surface area contributed by atoms with Gasteiger partial charge in [0, 0.05) is 28.6 Å². The quantitative estimate of drug-likeness (QED) is 0.813. The molecule has 1 aromatic heterocycles. The van der Waals surface area contributed by atoms with Crippen LogP contribution in [0.3, 0.4) is 0 Å². The van der Waals surface area contributed by atoms with Gasteiger partial charge in [0.2, 0.25) is 11.8 Å². The van der Waals surface area contributed by atoms with Crippen molar-refractivity contribution < 1.29 is 9.59 Å². The third kappa shape index (κ3) is 4.21. The minimum atomic E-state index is -0.00635. The Morgan fingerprint density at radius 2 is 1.97 bits per heavy atom. The molecule has 29 heavy (non-hydrogen) atoms. The second-order valence-electron chi connectivity index (χ2n) is 8.19. The van der Waals surface area contributed by atoms with E-state index in [-0.39, 0.29) is 17.7 Å². The summed E-state index contributed by atoms with van der Waals surface area (Å²) < 4.78 is 0. The molecule has 0 atom stereocenters. The lowest BCUT2D eigenvalue weighted by Crippen LogP contribution is -2.32. The Morgan fingerprint density at radius 3 is 2.69 bits per heavy atom. The number of nitrogens with one attached hydrogen (secondary N) is 1. The van der Waals surface area contributed by atoms with Crippen LogP contribution in [-0.2, 0) is 16.0 Å². The van der Waals surface area contributed by atoms with Crippen LogP contribution in [0.1, 0.15) is 37.1 Å². The first-order chi connectivity index (χ1) is 13.9. The molecular formula is C22H28N4O2S. The maximum absolute atomic E-state index is 12.4. The summed E-state index contributed by atoms with van der Waals surface area (Å²) in [6.45, 7) is 9.09. The van der Waals surface area contributed by atoms with Crippen LogP contribution < -0.4 is 10.2 Å². The Labute approximate surface area is 175 Å². The van der Waals surface area contributed by atoms with Crippen LogP contribution in [0.2, 0.25) is 0 Å². The van der Waals surface area contributed by atoms with E-state index in [9.17, 15) is 9.59 Å². The first kappa shape index (κ1) is 20.0. The van der Waals surface area contributed by atoms with Gasteiger partial charge in [-0.2, -0.15) is 0 Å². The van der Waals surface area contributed by atoms with E-state index in [2.05, 4.69) is 21.3 Å². The number of fused-ring (bicyclic) bond motifs is 1. The highest BCUT2D eigenvalue weighted by Gasteiger charge is 2.27. The second kappa shape index (κ2) is 8.24. The minimum Gasteiger partial charge on any atom is -0.312 e. The number of aromatic nitrogens is 1. The highest BCUT2D eigenvalue weighted by atomic mass is 32.1. The van der Waals surface area contributed by atoms with Crippen molar-refractivity contribution in [1.82, 2.24) is 9.88 Å². The molecule has 2 amide bonds. The standard InChI is InChI=1S/C22H28N4O2S/c1-14(2)21(28)26-11-8-16-12-17(6-7-18(16)26)20-15(3)29-22(24-20)23-19(27)13-25-9-4-5-10-25/h6-7,12,14H,4-5,8-11,13H2,1-3H3,(H,23,24,27). The topological polar surface area (TPSA) is 65.5 Å². The number of thiazole rings is 1. The molecule has 1 aromatic carbocycles. The van der Waals surface area contributed by atoms with Crippen LogP contribution in [-0.4, -0.2) is 47.9 Å². The van der Waals surface area contributed by atoms with E-state index in [4.69, 9.17) is 0 Å². The van der Waals surface area contributed by atoms with E-state index >= 15 is 0 Å². The zero-order valence-electron chi connectivity index (χ0n) is 17.3. The molecule has 1 N–H and O–H groups in total. The molecule has 7 heteroatoms. The first-order valence-corrected chi connectivity index (χ1v) is 11.2. The van der Waals surface area contributed by atoms with Crippen LogP contribution >= 0.6 is 11.3 Å². The zero-order valence-corrected chi connectivity index (χ0v) is 18.1. The van der Waals surface area contributed by atoms with Crippen molar-refractivity contribution in [3.05, 3.63) is 28.6 Å². The largest absolute Gasteiger partial charge is 0.312 e. The second-order valence-corrected chi connectivity index (χ2v) is 9.40. The van der Waals surface area contributed by atoms with Crippen molar-refractivity contribution in [3.8, 4) is 11.3 Å².